The summed E-state index contributed by atoms with van der Waals surface area (Å²) in [6.45, 7) is 34.4. The van der Waals surface area contributed by atoms with Crippen LogP contribution in [0.4, 0.5) is 0 Å². The van der Waals surface area contributed by atoms with Crippen LogP contribution >= 0.6 is 0 Å². The van der Waals surface area contributed by atoms with Crippen molar-refractivity contribution in [3.8, 4) is 0 Å². The van der Waals surface area contributed by atoms with Gasteiger partial charge < -0.3 is 0 Å². The summed E-state index contributed by atoms with van der Waals surface area (Å²) >= 11 is 0. The molecule has 0 N–H and O–H groups in total. The predicted molar refractivity (Wildman–Crippen MR) is 161 cm³/mol. The quantitative estimate of drug-likeness (QED) is 0.291. The van der Waals surface area contributed by atoms with E-state index in [1.54, 1.807) is 0 Å². The minimum Gasteiger partial charge on any atom is -0.0841 e. The number of hydrogen-bond donors (Lipinski definition) is 0. The van der Waals surface area contributed by atoms with Crippen molar-refractivity contribution < 1.29 is 0 Å². The van der Waals surface area contributed by atoms with Crippen molar-refractivity contribution in [2.45, 2.75) is 161 Å². The highest BCUT2D eigenvalue weighted by atomic mass is 14.7. The molecule has 4 fully saturated rings. The van der Waals surface area contributed by atoms with Crippen molar-refractivity contribution in [1.29, 1.82) is 0 Å². The molecule has 0 saturated heterocycles. The van der Waals surface area contributed by atoms with E-state index in [9.17, 15) is 0 Å². The molecule has 0 bridgehead atoms. The molecule has 0 heterocycles. The molecule has 5 aliphatic carbocycles. The molecule has 5 rings (SSSR count). The van der Waals surface area contributed by atoms with E-state index in [4.69, 9.17) is 0 Å². The van der Waals surface area contributed by atoms with Crippen LogP contribution in [0.15, 0.2) is 11.6 Å². The molecule has 0 aromatic rings. The number of fused-ring (bicyclic) bond motifs is 7. The topological polar surface area (TPSA) is 0 Å². The predicted octanol–water partition coefficient (Wildman–Crippen LogP) is 11.9. The lowest BCUT2D eigenvalue weighted by Crippen LogP contribution is -2.64. The van der Waals surface area contributed by atoms with Gasteiger partial charge in [0.05, 0.1) is 0 Å². The summed E-state index contributed by atoms with van der Waals surface area (Å²) in [6.07, 6.45) is 17.2. The van der Waals surface area contributed by atoms with Crippen LogP contribution < -0.4 is 0 Å². The van der Waals surface area contributed by atoms with Crippen molar-refractivity contribution in [2.75, 3.05) is 0 Å². The third-order valence-corrected chi connectivity index (χ3v) is 14.2. The zero-order valence-electron chi connectivity index (χ0n) is 27.4. The third-order valence-electron chi connectivity index (χ3n) is 14.2. The van der Waals surface area contributed by atoms with E-state index >= 15 is 0 Å². The Morgan fingerprint density at radius 1 is 0.639 bits per heavy atom. The second-order valence-electron chi connectivity index (χ2n) is 16.5. The third kappa shape index (κ3) is 4.03. The average molecular weight is 499 g/mol. The molecule has 7 atom stereocenters. The fourth-order valence-corrected chi connectivity index (χ4v) is 10.8. The van der Waals surface area contributed by atoms with Gasteiger partial charge in [0.2, 0.25) is 0 Å². The minimum absolute atomic E-state index is 0.415. The molecule has 4 saturated carbocycles. The molecule has 210 valence electrons. The Kier molecular flexibility index (Phi) is 7.94. The minimum atomic E-state index is 0.415. The summed E-state index contributed by atoms with van der Waals surface area (Å²) in [5.74, 6) is 2.56. The summed E-state index contributed by atoms with van der Waals surface area (Å²) in [5.41, 5.74) is 5.29. The first-order chi connectivity index (χ1) is 16.5. The molecule has 0 amide bonds. The molecular weight excluding hydrogens is 432 g/mol. The number of hydrogen-bond acceptors (Lipinski definition) is 0. The van der Waals surface area contributed by atoms with Gasteiger partial charge in [-0.1, -0.05) is 109 Å². The summed E-state index contributed by atoms with van der Waals surface area (Å²) < 4.78 is 0. The Balaban J connectivity index is 0.000000861. The first-order valence-electron chi connectivity index (χ1n) is 16.2. The molecular formula is C36H66. The van der Waals surface area contributed by atoms with Crippen LogP contribution in [0.5, 0.6) is 0 Å². The first kappa shape index (κ1) is 30.3. The van der Waals surface area contributed by atoms with Gasteiger partial charge in [-0.05, 0) is 120 Å². The molecule has 0 spiro atoms. The van der Waals surface area contributed by atoms with Crippen LogP contribution in [0.1, 0.15) is 161 Å². The van der Waals surface area contributed by atoms with E-state index in [0.717, 1.165) is 17.8 Å². The molecule has 0 heteroatoms. The van der Waals surface area contributed by atoms with Crippen LogP contribution in [-0.2, 0) is 0 Å². The molecule has 5 aliphatic rings. The van der Waals surface area contributed by atoms with E-state index in [1.165, 1.54) is 64.2 Å². The van der Waals surface area contributed by atoms with Crippen molar-refractivity contribution in [3.63, 3.8) is 0 Å². The van der Waals surface area contributed by atoms with Crippen molar-refractivity contribution >= 4 is 0 Å². The smallest absolute Gasteiger partial charge is 0.00565 e. The maximum Gasteiger partial charge on any atom is -0.00565 e. The van der Waals surface area contributed by atoms with Gasteiger partial charge >= 0.3 is 0 Å². The van der Waals surface area contributed by atoms with Crippen LogP contribution in [0, 0.1) is 55.7 Å². The Hall–Kier alpha value is -0.260. The number of rotatable bonds is 0. The Labute approximate surface area is 228 Å². The van der Waals surface area contributed by atoms with Crippen LogP contribution in [0.25, 0.3) is 0 Å². The molecule has 7 unspecified atom stereocenters. The Morgan fingerprint density at radius 3 is 1.83 bits per heavy atom. The van der Waals surface area contributed by atoms with E-state index in [0.29, 0.717) is 37.9 Å². The van der Waals surface area contributed by atoms with E-state index < -0.39 is 0 Å². The Morgan fingerprint density at radius 2 is 1.22 bits per heavy atom. The second-order valence-corrected chi connectivity index (χ2v) is 16.5. The maximum atomic E-state index is 2.86. The van der Waals surface area contributed by atoms with Crippen molar-refractivity contribution in [1.82, 2.24) is 0 Å². The highest BCUT2D eigenvalue weighted by Crippen LogP contribution is 2.77. The molecule has 0 aromatic heterocycles. The first-order valence-corrected chi connectivity index (χ1v) is 16.2. The summed E-state index contributed by atoms with van der Waals surface area (Å²) in [5, 5.41) is 0. The summed E-state index contributed by atoms with van der Waals surface area (Å²) in [6, 6.07) is 0. The van der Waals surface area contributed by atoms with Gasteiger partial charge in [-0.15, -0.1) is 0 Å². The van der Waals surface area contributed by atoms with Gasteiger partial charge in [0.15, 0.2) is 0 Å². The zero-order valence-corrected chi connectivity index (χ0v) is 27.4. The van der Waals surface area contributed by atoms with E-state index in [2.05, 4.69) is 75.3 Å². The van der Waals surface area contributed by atoms with Crippen LogP contribution in [0.3, 0.4) is 0 Å². The summed E-state index contributed by atoms with van der Waals surface area (Å²) in [7, 11) is 0. The molecule has 0 aromatic carbocycles. The summed E-state index contributed by atoms with van der Waals surface area (Å²) in [4.78, 5) is 0. The lowest BCUT2D eigenvalue weighted by molar-refractivity contribution is -0.206. The molecule has 0 nitrogen and oxygen atoms in total. The van der Waals surface area contributed by atoms with Crippen LogP contribution in [-0.4, -0.2) is 0 Å². The SMILES string of the molecule is CC.CC.CC1(C)CCC2(C)CCC3(C)C(=CCC4C5(C)CCC(C)(C)C(C)(C)C5CCC43C)C2C1. The van der Waals surface area contributed by atoms with Crippen molar-refractivity contribution in [3.05, 3.63) is 11.6 Å². The molecule has 36 heavy (non-hydrogen) atoms. The lowest BCUT2D eigenvalue weighted by Gasteiger charge is -2.72. The largest absolute Gasteiger partial charge is 0.0841 e. The van der Waals surface area contributed by atoms with Gasteiger partial charge in [-0.3, -0.25) is 0 Å². The van der Waals surface area contributed by atoms with Gasteiger partial charge in [0.1, 0.15) is 0 Å². The van der Waals surface area contributed by atoms with Crippen LogP contribution in [0.2, 0.25) is 0 Å². The van der Waals surface area contributed by atoms with Gasteiger partial charge in [0, 0.05) is 0 Å². The normalized spacial score (nSPS) is 47.6. The maximum absolute atomic E-state index is 2.86. The monoisotopic (exact) mass is 499 g/mol. The van der Waals surface area contributed by atoms with E-state index in [1.807, 2.05) is 33.3 Å². The molecule has 0 radical (unpaired) electrons. The highest BCUT2D eigenvalue weighted by Gasteiger charge is 2.68. The fraction of sp³-hybridized carbons (Fsp3) is 0.944. The Bertz CT molecular complexity index is 825. The standard InChI is InChI=1S/C32H54.2C2H6/c1-26(2)15-17-29(7)18-20-31(9)22(23(29)21-26)11-12-25-30(8)19-16-27(3,4)28(5,6)24(30)13-14-32(25,31)10;2*1-2/h11,23-25H,12-21H2,1-10H3;2*1-2H3. The van der Waals surface area contributed by atoms with Crippen molar-refractivity contribution in [2.24, 2.45) is 55.7 Å². The zero-order chi connectivity index (χ0) is 27.6. The van der Waals surface area contributed by atoms with E-state index in [-0.39, 0.29) is 0 Å². The average Bonchev–Trinajstić information content (AvgIpc) is 2.81. The van der Waals surface area contributed by atoms with Gasteiger partial charge in [-0.25, -0.2) is 0 Å². The van der Waals surface area contributed by atoms with Gasteiger partial charge in [-0.2, -0.15) is 0 Å². The lowest BCUT2D eigenvalue weighted by atomic mass is 9.32. The van der Waals surface area contributed by atoms with Gasteiger partial charge in [0.25, 0.3) is 0 Å². The second kappa shape index (κ2) is 9.44. The fourth-order valence-electron chi connectivity index (χ4n) is 10.8. The molecule has 0 aliphatic heterocycles. The highest BCUT2D eigenvalue weighted by molar-refractivity contribution is 5.33. The number of allylic oxidation sites excluding steroid dienone is 2.